The molecule has 1 heterocycles. The summed E-state index contributed by atoms with van der Waals surface area (Å²) < 4.78 is 5.19. The molecule has 6 nitrogen and oxygen atoms in total. The first-order valence-electron chi connectivity index (χ1n) is 8.39. The van der Waals surface area contributed by atoms with E-state index in [4.69, 9.17) is 4.74 Å². The predicted molar refractivity (Wildman–Crippen MR) is 101 cm³/mol. The number of amides is 1. The molecule has 0 aliphatic heterocycles. The number of Topliss-reactive ketones (excluding diaryl/α,β-unsaturated/α-hetero) is 1. The number of benzene rings is 1. The molecule has 1 N–H and O–H groups in total. The number of carbonyl (C=O) groups is 3. The molecule has 7 heteroatoms. The van der Waals surface area contributed by atoms with Gasteiger partial charge in [-0.05, 0) is 12.8 Å². The Morgan fingerprint density at radius 2 is 1.85 bits per heavy atom. The Bertz CT molecular complexity index is 784. The van der Waals surface area contributed by atoms with E-state index in [9.17, 15) is 14.4 Å². The van der Waals surface area contributed by atoms with Gasteiger partial charge in [-0.3, -0.25) is 9.59 Å². The average Bonchev–Trinajstić information content (AvgIpc) is 2.98. The Labute approximate surface area is 156 Å². The van der Waals surface area contributed by atoms with E-state index in [1.165, 1.54) is 0 Å². The van der Waals surface area contributed by atoms with Crippen molar-refractivity contribution in [2.75, 3.05) is 11.9 Å². The average molecular weight is 374 g/mol. The summed E-state index contributed by atoms with van der Waals surface area (Å²) in [5.41, 5.74) is 1.10. The van der Waals surface area contributed by atoms with E-state index in [1.54, 1.807) is 31.2 Å². The van der Waals surface area contributed by atoms with Crippen molar-refractivity contribution in [2.24, 2.45) is 5.92 Å². The summed E-state index contributed by atoms with van der Waals surface area (Å²) >= 11 is 1.08. The van der Waals surface area contributed by atoms with Gasteiger partial charge in [-0.15, -0.1) is 0 Å². The van der Waals surface area contributed by atoms with Gasteiger partial charge in [0.25, 0.3) is 0 Å². The number of thiazole rings is 1. The number of esters is 1. The Morgan fingerprint density at radius 1 is 1.15 bits per heavy atom. The number of anilines is 1. The van der Waals surface area contributed by atoms with Crippen LogP contribution in [0.25, 0.3) is 0 Å². The molecule has 0 bridgehead atoms. The summed E-state index contributed by atoms with van der Waals surface area (Å²) in [5, 5.41) is 2.97. The topological polar surface area (TPSA) is 85.4 Å². The van der Waals surface area contributed by atoms with Crippen molar-refractivity contribution >= 4 is 34.1 Å². The molecule has 2 aromatic rings. The van der Waals surface area contributed by atoms with Gasteiger partial charge in [0.2, 0.25) is 5.91 Å². The molecule has 0 radical (unpaired) electrons. The number of hydrogen-bond donors (Lipinski definition) is 1. The summed E-state index contributed by atoms with van der Waals surface area (Å²) in [4.78, 5) is 40.7. The minimum absolute atomic E-state index is 0.0550. The molecule has 0 saturated heterocycles. The van der Waals surface area contributed by atoms with Gasteiger partial charge in [0.1, 0.15) is 4.88 Å². The maximum atomic E-state index is 12.0. The molecule has 0 aliphatic carbocycles. The van der Waals surface area contributed by atoms with E-state index >= 15 is 0 Å². The van der Waals surface area contributed by atoms with E-state index in [2.05, 4.69) is 10.3 Å². The first kappa shape index (κ1) is 19.8. The monoisotopic (exact) mass is 374 g/mol. The zero-order chi connectivity index (χ0) is 19.1. The van der Waals surface area contributed by atoms with E-state index in [-0.39, 0.29) is 30.4 Å². The minimum atomic E-state index is -0.437. The number of nitrogens with zero attached hydrogens (tertiary/aromatic N) is 1. The molecule has 0 unspecified atom stereocenters. The van der Waals surface area contributed by atoms with Crippen LogP contribution in [0, 0.1) is 12.8 Å². The first-order chi connectivity index (χ1) is 12.4. The summed E-state index contributed by atoms with van der Waals surface area (Å²) in [6.07, 6.45) is 0.170. The van der Waals surface area contributed by atoms with Crippen molar-refractivity contribution in [1.82, 2.24) is 4.98 Å². The molecular weight excluding hydrogens is 352 g/mol. The van der Waals surface area contributed by atoms with E-state index in [0.717, 1.165) is 11.3 Å². The lowest BCUT2D eigenvalue weighted by Gasteiger charge is -2.05. The van der Waals surface area contributed by atoms with E-state index < -0.39 is 5.97 Å². The fourth-order valence-corrected chi connectivity index (χ4v) is 3.00. The van der Waals surface area contributed by atoms with Gasteiger partial charge in [0.05, 0.1) is 12.3 Å². The highest BCUT2D eigenvalue weighted by molar-refractivity contribution is 7.17. The highest BCUT2D eigenvalue weighted by atomic mass is 32.1. The Kier molecular flexibility index (Phi) is 7.03. The fraction of sp³-hybridized carbons (Fsp3) is 0.368. The molecule has 26 heavy (non-hydrogen) atoms. The zero-order valence-electron chi connectivity index (χ0n) is 15.1. The van der Waals surface area contributed by atoms with Crippen LogP contribution < -0.4 is 5.32 Å². The molecule has 1 aromatic heterocycles. The molecule has 138 valence electrons. The van der Waals surface area contributed by atoms with Crippen molar-refractivity contribution in [3.8, 4) is 0 Å². The Balaban J connectivity index is 1.88. The highest BCUT2D eigenvalue weighted by Crippen LogP contribution is 2.24. The van der Waals surface area contributed by atoms with Crippen molar-refractivity contribution < 1.29 is 19.1 Å². The zero-order valence-corrected chi connectivity index (χ0v) is 15.9. The van der Waals surface area contributed by atoms with Gasteiger partial charge >= 0.3 is 5.97 Å². The Morgan fingerprint density at radius 3 is 2.50 bits per heavy atom. The lowest BCUT2D eigenvalue weighted by molar-refractivity contribution is -0.116. The summed E-state index contributed by atoms with van der Waals surface area (Å²) in [6, 6.07) is 8.84. The maximum Gasteiger partial charge on any atom is 0.350 e. The summed E-state index contributed by atoms with van der Waals surface area (Å²) in [7, 11) is 0. The normalized spacial score (nSPS) is 10.6. The molecular formula is C19H22N2O4S. The number of ether oxygens (including phenoxy) is 1. The number of hydrogen-bond acceptors (Lipinski definition) is 6. The van der Waals surface area contributed by atoms with Crippen molar-refractivity contribution in [3.05, 3.63) is 46.5 Å². The molecule has 0 fully saturated rings. The molecule has 0 aliphatic rings. The Hall–Kier alpha value is -2.54. The van der Waals surface area contributed by atoms with Crippen molar-refractivity contribution in [1.29, 1.82) is 0 Å². The van der Waals surface area contributed by atoms with E-state index in [0.29, 0.717) is 27.9 Å². The van der Waals surface area contributed by atoms with E-state index in [1.807, 2.05) is 19.9 Å². The smallest absolute Gasteiger partial charge is 0.350 e. The van der Waals surface area contributed by atoms with Gasteiger partial charge < -0.3 is 10.1 Å². The number of ketones is 1. The first-order valence-corrected chi connectivity index (χ1v) is 9.21. The largest absolute Gasteiger partial charge is 0.461 e. The summed E-state index contributed by atoms with van der Waals surface area (Å²) in [5.74, 6) is -0.596. The van der Waals surface area contributed by atoms with Crippen LogP contribution in [0.5, 0.6) is 0 Å². The van der Waals surface area contributed by atoms with Crippen molar-refractivity contribution in [3.63, 3.8) is 0 Å². The van der Waals surface area contributed by atoms with Gasteiger partial charge in [0.15, 0.2) is 10.9 Å². The fourth-order valence-electron chi connectivity index (χ4n) is 2.12. The number of carbonyl (C=O) groups excluding carboxylic acids is 3. The van der Waals surface area contributed by atoms with Crippen LogP contribution in [-0.4, -0.2) is 29.3 Å². The third kappa shape index (κ3) is 5.77. The van der Waals surface area contributed by atoms with Gasteiger partial charge in [-0.2, -0.15) is 0 Å². The standard InChI is InChI=1S/C19H22N2O4S/c1-12(2)11-25-18(24)17-13(3)20-19(26-17)21-16(23)10-9-15(22)14-7-5-4-6-8-14/h4-8,12H,9-11H2,1-3H3,(H,20,21,23). The number of nitrogens with one attached hydrogen (secondary N) is 1. The van der Waals surface area contributed by atoms with Gasteiger partial charge in [-0.1, -0.05) is 55.5 Å². The number of aryl methyl sites for hydroxylation is 1. The lowest BCUT2D eigenvalue weighted by atomic mass is 10.1. The van der Waals surface area contributed by atoms with Gasteiger partial charge in [0, 0.05) is 18.4 Å². The second-order valence-corrected chi connectivity index (χ2v) is 7.26. The molecule has 0 saturated carbocycles. The highest BCUT2D eigenvalue weighted by Gasteiger charge is 2.18. The second-order valence-electron chi connectivity index (χ2n) is 6.26. The molecule has 0 atom stereocenters. The van der Waals surface area contributed by atoms with Gasteiger partial charge in [-0.25, -0.2) is 9.78 Å². The minimum Gasteiger partial charge on any atom is -0.461 e. The van der Waals surface area contributed by atoms with Crippen LogP contribution in [-0.2, 0) is 9.53 Å². The van der Waals surface area contributed by atoms with Crippen LogP contribution in [0.2, 0.25) is 0 Å². The maximum absolute atomic E-state index is 12.0. The van der Waals surface area contributed by atoms with Crippen LogP contribution in [0.1, 0.15) is 52.4 Å². The van der Waals surface area contributed by atoms with Crippen LogP contribution in [0.15, 0.2) is 30.3 Å². The third-order valence-electron chi connectivity index (χ3n) is 3.45. The third-order valence-corrected chi connectivity index (χ3v) is 4.50. The molecule has 1 aromatic carbocycles. The number of aromatic nitrogens is 1. The van der Waals surface area contributed by atoms with Crippen LogP contribution >= 0.6 is 11.3 Å². The SMILES string of the molecule is Cc1nc(NC(=O)CCC(=O)c2ccccc2)sc1C(=O)OCC(C)C. The molecule has 0 spiro atoms. The quantitative estimate of drug-likeness (QED) is 0.560. The second kappa shape index (κ2) is 9.24. The molecule has 2 rings (SSSR count). The van der Waals surface area contributed by atoms with Crippen LogP contribution in [0.3, 0.4) is 0 Å². The van der Waals surface area contributed by atoms with Crippen molar-refractivity contribution in [2.45, 2.75) is 33.6 Å². The lowest BCUT2D eigenvalue weighted by Crippen LogP contribution is -2.13. The summed E-state index contributed by atoms with van der Waals surface area (Å²) in [6.45, 7) is 5.93. The molecule has 1 amide bonds. The number of rotatable bonds is 8. The predicted octanol–water partition coefficient (Wildman–Crippen LogP) is 3.87. The van der Waals surface area contributed by atoms with Crippen LogP contribution in [0.4, 0.5) is 5.13 Å².